The molecule has 0 bridgehead atoms. The lowest BCUT2D eigenvalue weighted by Gasteiger charge is -2.21. The summed E-state index contributed by atoms with van der Waals surface area (Å²) in [4.78, 5) is 9.02. The van der Waals surface area contributed by atoms with Gasteiger partial charge in [-0.15, -0.1) is 10.2 Å². The molecule has 0 spiro atoms. The molecule has 0 N–H and O–H groups in total. The quantitative estimate of drug-likeness (QED) is 0.522. The van der Waals surface area contributed by atoms with Crippen molar-refractivity contribution in [1.82, 2.24) is 24.6 Å². The Hall–Kier alpha value is -2.73. The molecule has 26 heavy (non-hydrogen) atoms. The minimum atomic E-state index is -0.313. The predicted molar refractivity (Wildman–Crippen MR) is 102 cm³/mol. The van der Waals surface area contributed by atoms with E-state index in [1.54, 1.807) is 6.20 Å². The lowest BCUT2D eigenvalue weighted by Crippen LogP contribution is -2.22. The average molecular weight is 368 g/mol. The molecule has 132 valence electrons. The molecule has 0 aliphatic rings. The van der Waals surface area contributed by atoms with Gasteiger partial charge in [-0.05, 0) is 58.0 Å². The zero-order chi connectivity index (χ0) is 18.5. The standard InChI is InChI=1S/C19H18ClN5O/c1-11-16-23-24-17(25(16)18-15(22-11)6-5-9-21-18)13-10-12(7-8-14(13)20)26-19(2,3)4/h5-10H,1-4H3. The van der Waals surface area contributed by atoms with Crippen molar-refractivity contribution >= 4 is 28.4 Å². The fraction of sp³-hybridized carbons (Fsp3) is 0.263. The Morgan fingerprint density at radius 2 is 1.88 bits per heavy atom. The minimum Gasteiger partial charge on any atom is -0.488 e. The normalized spacial score (nSPS) is 12.0. The second-order valence-electron chi connectivity index (χ2n) is 7.08. The third kappa shape index (κ3) is 2.86. The fourth-order valence-electron chi connectivity index (χ4n) is 2.87. The smallest absolute Gasteiger partial charge is 0.184 e. The van der Waals surface area contributed by atoms with E-state index in [0.717, 1.165) is 22.5 Å². The topological polar surface area (TPSA) is 65.2 Å². The van der Waals surface area contributed by atoms with Crippen molar-refractivity contribution in [3.8, 4) is 17.1 Å². The van der Waals surface area contributed by atoms with Gasteiger partial charge in [0.25, 0.3) is 0 Å². The van der Waals surface area contributed by atoms with E-state index >= 15 is 0 Å². The summed E-state index contributed by atoms with van der Waals surface area (Å²) in [7, 11) is 0. The van der Waals surface area contributed by atoms with Crippen molar-refractivity contribution in [3.63, 3.8) is 0 Å². The van der Waals surface area contributed by atoms with Crippen molar-refractivity contribution < 1.29 is 4.74 Å². The van der Waals surface area contributed by atoms with Crippen molar-refractivity contribution in [1.29, 1.82) is 0 Å². The highest BCUT2D eigenvalue weighted by atomic mass is 35.5. The summed E-state index contributed by atoms with van der Waals surface area (Å²) < 4.78 is 7.86. The number of hydrogen-bond donors (Lipinski definition) is 0. The second kappa shape index (κ2) is 5.92. The summed E-state index contributed by atoms with van der Waals surface area (Å²) in [5.41, 5.74) is 3.32. The molecule has 6 nitrogen and oxygen atoms in total. The molecule has 0 radical (unpaired) electrons. The van der Waals surface area contributed by atoms with Gasteiger partial charge in [0.15, 0.2) is 17.1 Å². The number of nitrogens with zero attached hydrogens (tertiary/aromatic N) is 5. The van der Waals surface area contributed by atoms with E-state index in [9.17, 15) is 0 Å². The zero-order valence-electron chi connectivity index (χ0n) is 15.0. The Labute approximate surface area is 155 Å². The van der Waals surface area contributed by atoms with Gasteiger partial charge < -0.3 is 4.74 Å². The summed E-state index contributed by atoms with van der Waals surface area (Å²) in [6, 6.07) is 9.31. The molecule has 4 rings (SSSR count). The zero-order valence-corrected chi connectivity index (χ0v) is 15.7. The van der Waals surface area contributed by atoms with Gasteiger partial charge in [-0.25, -0.2) is 9.97 Å². The minimum absolute atomic E-state index is 0.313. The molecule has 0 fully saturated rings. The highest BCUT2D eigenvalue weighted by Gasteiger charge is 2.19. The summed E-state index contributed by atoms with van der Waals surface area (Å²) in [6.45, 7) is 7.90. The van der Waals surface area contributed by atoms with E-state index in [0.29, 0.717) is 22.1 Å². The van der Waals surface area contributed by atoms with Crippen LogP contribution in [0.4, 0.5) is 0 Å². The van der Waals surface area contributed by atoms with Crippen LogP contribution < -0.4 is 4.74 Å². The monoisotopic (exact) mass is 367 g/mol. The lowest BCUT2D eigenvalue weighted by molar-refractivity contribution is 0.131. The number of hydrogen-bond acceptors (Lipinski definition) is 5. The second-order valence-corrected chi connectivity index (χ2v) is 7.49. The number of rotatable bonds is 2. The van der Waals surface area contributed by atoms with Crippen molar-refractivity contribution in [2.45, 2.75) is 33.3 Å². The van der Waals surface area contributed by atoms with Crippen LogP contribution in [0, 0.1) is 6.92 Å². The summed E-state index contributed by atoms with van der Waals surface area (Å²) >= 11 is 6.48. The number of halogens is 1. The van der Waals surface area contributed by atoms with Crippen LogP contribution in [0.3, 0.4) is 0 Å². The first-order valence-electron chi connectivity index (χ1n) is 8.29. The Kier molecular flexibility index (Phi) is 3.80. The molecule has 0 unspecified atom stereocenters. The molecule has 4 aromatic rings. The van der Waals surface area contributed by atoms with Gasteiger partial charge in [0.05, 0.1) is 10.7 Å². The van der Waals surface area contributed by atoms with Crippen molar-refractivity contribution in [3.05, 3.63) is 47.2 Å². The Bertz CT molecular complexity index is 1130. The molecule has 0 saturated heterocycles. The summed E-state index contributed by atoms with van der Waals surface area (Å²) in [5, 5.41) is 9.24. The Morgan fingerprint density at radius 1 is 1.08 bits per heavy atom. The van der Waals surface area contributed by atoms with E-state index in [2.05, 4.69) is 20.2 Å². The maximum absolute atomic E-state index is 6.48. The highest BCUT2D eigenvalue weighted by molar-refractivity contribution is 6.33. The first kappa shape index (κ1) is 16.7. The van der Waals surface area contributed by atoms with Gasteiger partial charge in [0.1, 0.15) is 16.9 Å². The van der Waals surface area contributed by atoms with Crippen LogP contribution in [0.5, 0.6) is 5.75 Å². The molecular weight excluding hydrogens is 350 g/mol. The lowest BCUT2D eigenvalue weighted by atomic mass is 10.1. The molecule has 0 saturated carbocycles. The number of ether oxygens (including phenoxy) is 1. The molecule has 0 atom stereocenters. The van der Waals surface area contributed by atoms with E-state index in [4.69, 9.17) is 16.3 Å². The molecule has 7 heteroatoms. The largest absolute Gasteiger partial charge is 0.488 e. The van der Waals surface area contributed by atoms with Gasteiger partial charge in [-0.3, -0.25) is 4.40 Å². The third-order valence-corrected chi connectivity index (χ3v) is 4.19. The van der Waals surface area contributed by atoms with Crippen LogP contribution >= 0.6 is 11.6 Å². The van der Waals surface area contributed by atoms with E-state index in [1.807, 2.05) is 62.4 Å². The fourth-order valence-corrected chi connectivity index (χ4v) is 3.07. The van der Waals surface area contributed by atoms with Gasteiger partial charge in [-0.2, -0.15) is 0 Å². The van der Waals surface area contributed by atoms with Crippen molar-refractivity contribution in [2.24, 2.45) is 0 Å². The SMILES string of the molecule is Cc1nc2cccnc2n2c(-c3cc(OC(C)(C)C)ccc3Cl)nnc12. The van der Waals surface area contributed by atoms with Crippen LogP contribution in [0.1, 0.15) is 26.5 Å². The van der Waals surface area contributed by atoms with Crippen LogP contribution in [-0.4, -0.2) is 30.2 Å². The molecule has 0 aliphatic carbocycles. The van der Waals surface area contributed by atoms with Crippen LogP contribution in [-0.2, 0) is 0 Å². The summed E-state index contributed by atoms with van der Waals surface area (Å²) in [6.07, 6.45) is 1.73. The number of fused-ring (bicyclic) bond motifs is 3. The number of aromatic nitrogens is 5. The third-order valence-electron chi connectivity index (χ3n) is 3.86. The molecule has 3 heterocycles. The number of aryl methyl sites for hydroxylation is 1. The van der Waals surface area contributed by atoms with Crippen LogP contribution in [0.2, 0.25) is 5.02 Å². The molecule has 3 aromatic heterocycles. The number of pyridine rings is 1. The first-order chi connectivity index (χ1) is 12.3. The van der Waals surface area contributed by atoms with Gasteiger partial charge >= 0.3 is 0 Å². The maximum Gasteiger partial charge on any atom is 0.184 e. The molecular formula is C19H18ClN5O. The first-order valence-corrected chi connectivity index (χ1v) is 8.67. The van der Waals surface area contributed by atoms with Crippen LogP contribution in [0.15, 0.2) is 36.5 Å². The highest BCUT2D eigenvalue weighted by Crippen LogP contribution is 2.33. The van der Waals surface area contributed by atoms with Gasteiger partial charge in [0.2, 0.25) is 0 Å². The van der Waals surface area contributed by atoms with Crippen LogP contribution in [0.25, 0.3) is 28.2 Å². The van der Waals surface area contributed by atoms with E-state index in [1.165, 1.54) is 0 Å². The van der Waals surface area contributed by atoms with E-state index in [-0.39, 0.29) is 5.60 Å². The van der Waals surface area contributed by atoms with Gasteiger partial charge in [-0.1, -0.05) is 11.6 Å². The molecule has 0 amide bonds. The average Bonchev–Trinajstić information content (AvgIpc) is 3.01. The van der Waals surface area contributed by atoms with E-state index < -0.39 is 0 Å². The predicted octanol–water partition coefficient (Wildman–Crippen LogP) is 4.48. The molecule has 0 aliphatic heterocycles. The Balaban J connectivity index is 1.99. The number of benzene rings is 1. The summed E-state index contributed by atoms with van der Waals surface area (Å²) in [5.74, 6) is 1.33. The van der Waals surface area contributed by atoms with Crippen molar-refractivity contribution in [2.75, 3.05) is 0 Å². The van der Waals surface area contributed by atoms with Gasteiger partial charge in [0, 0.05) is 11.8 Å². The maximum atomic E-state index is 6.48. The Morgan fingerprint density at radius 3 is 2.65 bits per heavy atom. The molecule has 1 aromatic carbocycles.